The molecule has 3 unspecified atom stereocenters. The van der Waals surface area contributed by atoms with Crippen molar-refractivity contribution in [2.75, 3.05) is 11.1 Å². The molecule has 3 rings (SSSR count). The molecule has 0 spiro atoms. The van der Waals surface area contributed by atoms with Gasteiger partial charge in [0.2, 0.25) is 0 Å². The minimum absolute atomic E-state index is 0.218. The molecule has 0 aliphatic carbocycles. The van der Waals surface area contributed by atoms with Crippen molar-refractivity contribution in [2.45, 2.75) is 37.5 Å². The lowest BCUT2D eigenvalue weighted by Gasteiger charge is -2.21. The van der Waals surface area contributed by atoms with Crippen LogP contribution in [0.25, 0.3) is 0 Å². The number of primary amides is 1. The molecular formula is C12H16N4O2. The first kappa shape index (κ1) is 11.3. The number of carbonyl (C=O) groups is 1. The molecular weight excluding hydrogens is 232 g/mol. The highest BCUT2D eigenvalue weighted by atomic mass is 16.5. The van der Waals surface area contributed by atoms with Gasteiger partial charge in [0.25, 0.3) is 5.91 Å². The lowest BCUT2D eigenvalue weighted by Crippen LogP contribution is -2.31. The monoisotopic (exact) mass is 248 g/mol. The minimum Gasteiger partial charge on any atom is -0.396 e. The average Bonchev–Trinajstić information content (AvgIpc) is 2.93. The van der Waals surface area contributed by atoms with Gasteiger partial charge in [-0.05, 0) is 31.4 Å². The summed E-state index contributed by atoms with van der Waals surface area (Å²) in [4.78, 5) is 15.2. The highest BCUT2D eigenvalue weighted by Crippen LogP contribution is 2.36. The molecule has 1 amide bonds. The molecule has 3 atom stereocenters. The van der Waals surface area contributed by atoms with Crippen molar-refractivity contribution in [3.8, 4) is 0 Å². The van der Waals surface area contributed by atoms with Crippen LogP contribution in [0.1, 0.15) is 29.8 Å². The lowest BCUT2D eigenvalue weighted by molar-refractivity contribution is 0.0995. The van der Waals surface area contributed by atoms with Gasteiger partial charge in [0.15, 0.2) is 0 Å². The number of hydrogen-bond acceptors (Lipinski definition) is 5. The zero-order valence-electron chi connectivity index (χ0n) is 9.93. The third kappa shape index (κ3) is 1.88. The highest BCUT2D eigenvalue weighted by Gasteiger charge is 2.41. The van der Waals surface area contributed by atoms with Crippen LogP contribution in [0.4, 0.5) is 11.5 Å². The molecule has 1 aromatic heterocycles. The van der Waals surface area contributed by atoms with E-state index < -0.39 is 5.91 Å². The number of hydrogen-bond donors (Lipinski definition) is 3. The van der Waals surface area contributed by atoms with E-state index in [0.29, 0.717) is 17.6 Å². The number of nitrogens with two attached hydrogens (primary N) is 2. The molecule has 6 nitrogen and oxygen atoms in total. The van der Waals surface area contributed by atoms with Crippen LogP contribution in [0.15, 0.2) is 12.1 Å². The number of nitrogens with zero attached hydrogens (tertiary/aromatic N) is 1. The Morgan fingerprint density at radius 2 is 2.28 bits per heavy atom. The van der Waals surface area contributed by atoms with E-state index in [4.69, 9.17) is 16.2 Å². The van der Waals surface area contributed by atoms with Crippen molar-refractivity contribution in [1.82, 2.24) is 4.98 Å². The average molecular weight is 248 g/mol. The Balaban J connectivity index is 1.79. The number of amides is 1. The van der Waals surface area contributed by atoms with E-state index in [1.54, 1.807) is 6.07 Å². The van der Waals surface area contributed by atoms with Gasteiger partial charge in [-0.2, -0.15) is 0 Å². The van der Waals surface area contributed by atoms with Gasteiger partial charge in [0, 0.05) is 0 Å². The molecule has 2 bridgehead atoms. The first-order valence-corrected chi connectivity index (χ1v) is 6.12. The van der Waals surface area contributed by atoms with Gasteiger partial charge in [-0.1, -0.05) is 0 Å². The zero-order chi connectivity index (χ0) is 12.7. The molecule has 18 heavy (non-hydrogen) atoms. The van der Waals surface area contributed by atoms with Gasteiger partial charge in [-0.15, -0.1) is 0 Å². The van der Waals surface area contributed by atoms with Crippen LogP contribution in [-0.4, -0.2) is 29.1 Å². The molecule has 3 heterocycles. The Labute approximate surface area is 105 Å². The zero-order valence-corrected chi connectivity index (χ0v) is 9.93. The highest BCUT2D eigenvalue weighted by molar-refractivity contribution is 5.91. The largest absolute Gasteiger partial charge is 0.396 e. The van der Waals surface area contributed by atoms with Crippen LogP contribution >= 0.6 is 0 Å². The molecule has 0 saturated carbocycles. The van der Waals surface area contributed by atoms with Crippen molar-refractivity contribution in [3.63, 3.8) is 0 Å². The summed E-state index contributed by atoms with van der Waals surface area (Å²) in [6.07, 6.45) is 3.75. The summed E-state index contributed by atoms with van der Waals surface area (Å²) in [5, 5.41) is 3.27. The normalized spacial score (nSPS) is 29.4. The number of anilines is 2. The maximum atomic E-state index is 11.1. The lowest BCUT2D eigenvalue weighted by atomic mass is 9.95. The number of aromatic nitrogens is 1. The second-order valence-corrected chi connectivity index (χ2v) is 4.86. The molecule has 2 saturated heterocycles. The van der Waals surface area contributed by atoms with Crippen molar-refractivity contribution < 1.29 is 9.53 Å². The maximum absolute atomic E-state index is 11.1. The van der Waals surface area contributed by atoms with E-state index in [2.05, 4.69) is 10.3 Å². The third-order valence-corrected chi connectivity index (χ3v) is 3.61. The van der Waals surface area contributed by atoms with E-state index >= 15 is 0 Å². The number of pyridine rings is 1. The first-order chi connectivity index (χ1) is 8.63. The minimum atomic E-state index is -0.553. The Hall–Kier alpha value is -1.82. The van der Waals surface area contributed by atoms with Crippen LogP contribution in [0.2, 0.25) is 0 Å². The van der Waals surface area contributed by atoms with Crippen LogP contribution in [0, 0.1) is 0 Å². The van der Waals surface area contributed by atoms with E-state index in [1.807, 2.05) is 0 Å². The molecule has 2 aliphatic rings. The van der Waals surface area contributed by atoms with Crippen molar-refractivity contribution in [3.05, 3.63) is 17.8 Å². The van der Waals surface area contributed by atoms with E-state index in [-0.39, 0.29) is 17.8 Å². The second kappa shape index (κ2) is 4.13. The topological polar surface area (TPSA) is 103 Å². The van der Waals surface area contributed by atoms with Crippen molar-refractivity contribution >= 4 is 17.4 Å². The molecule has 0 aromatic carbocycles. The van der Waals surface area contributed by atoms with Gasteiger partial charge in [0.1, 0.15) is 11.5 Å². The van der Waals surface area contributed by atoms with Crippen LogP contribution in [0.3, 0.4) is 0 Å². The first-order valence-electron chi connectivity index (χ1n) is 6.12. The standard InChI is InChI=1S/C12H16N4O2/c13-7-2-3-8(11(14)17)15-12(7)16-9-5-6-1-4-10(9)18-6/h2-3,6,9-10H,1,4-5,13H2,(H2,14,17)(H,15,16). The summed E-state index contributed by atoms with van der Waals surface area (Å²) in [5.41, 5.74) is 11.8. The summed E-state index contributed by atoms with van der Waals surface area (Å²) >= 11 is 0. The summed E-state index contributed by atoms with van der Waals surface area (Å²) in [5.74, 6) is -0.0327. The number of ether oxygens (including phenoxy) is 1. The van der Waals surface area contributed by atoms with Crippen LogP contribution in [0.5, 0.6) is 0 Å². The van der Waals surface area contributed by atoms with E-state index in [0.717, 1.165) is 19.3 Å². The van der Waals surface area contributed by atoms with Crippen LogP contribution < -0.4 is 16.8 Å². The molecule has 2 aliphatic heterocycles. The smallest absolute Gasteiger partial charge is 0.267 e. The number of rotatable bonds is 3. The second-order valence-electron chi connectivity index (χ2n) is 4.86. The van der Waals surface area contributed by atoms with Gasteiger partial charge in [0.05, 0.1) is 23.9 Å². The van der Waals surface area contributed by atoms with Crippen molar-refractivity contribution in [1.29, 1.82) is 0 Å². The number of carbonyl (C=O) groups excluding carboxylic acids is 1. The van der Waals surface area contributed by atoms with Gasteiger partial charge in [-0.3, -0.25) is 4.79 Å². The Kier molecular flexibility index (Phi) is 2.59. The molecule has 6 heteroatoms. The molecule has 0 radical (unpaired) electrons. The number of nitrogen functional groups attached to an aromatic ring is 1. The fourth-order valence-electron chi connectivity index (χ4n) is 2.69. The number of nitrogens with one attached hydrogen (secondary N) is 1. The summed E-state index contributed by atoms with van der Waals surface area (Å²) < 4.78 is 5.75. The summed E-state index contributed by atoms with van der Waals surface area (Å²) in [6.45, 7) is 0. The SMILES string of the molecule is NC(=O)c1ccc(N)c(NC2CC3CCC2O3)n1. The van der Waals surface area contributed by atoms with E-state index in [9.17, 15) is 4.79 Å². The van der Waals surface area contributed by atoms with Crippen LogP contribution in [-0.2, 0) is 4.74 Å². The molecule has 1 aromatic rings. The third-order valence-electron chi connectivity index (χ3n) is 3.61. The molecule has 5 N–H and O–H groups in total. The Morgan fingerprint density at radius 3 is 2.89 bits per heavy atom. The predicted molar refractivity (Wildman–Crippen MR) is 67.1 cm³/mol. The summed E-state index contributed by atoms with van der Waals surface area (Å²) in [7, 11) is 0. The Bertz CT molecular complexity index is 491. The van der Waals surface area contributed by atoms with E-state index in [1.165, 1.54) is 6.07 Å². The maximum Gasteiger partial charge on any atom is 0.267 e. The van der Waals surface area contributed by atoms with Gasteiger partial charge in [-0.25, -0.2) is 4.98 Å². The predicted octanol–water partition coefficient (Wildman–Crippen LogP) is 0.494. The molecule has 2 fully saturated rings. The molecule has 96 valence electrons. The summed E-state index contributed by atoms with van der Waals surface area (Å²) in [6, 6.07) is 3.39. The quantitative estimate of drug-likeness (QED) is 0.722. The van der Waals surface area contributed by atoms with Crippen molar-refractivity contribution in [2.24, 2.45) is 5.73 Å². The Morgan fingerprint density at radius 1 is 1.44 bits per heavy atom. The fourth-order valence-corrected chi connectivity index (χ4v) is 2.69. The fraction of sp³-hybridized carbons (Fsp3) is 0.500. The van der Waals surface area contributed by atoms with Gasteiger partial charge >= 0.3 is 0 Å². The number of fused-ring (bicyclic) bond motifs is 2. The van der Waals surface area contributed by atoms with Gasteiger partial charge < -0.3 is 21.5 Å².